The van der Waals surface area contributed by atoms with E-state index in [1.54, 1.807) is 0 Å². The average molecular weight is 319 g/mol. The number of rotatable bonds is 5. The topological polar surface area (TPSA) is 56.3 Å². The standard InChI is InChI=1S/C16H21N3O2S/c1-11-3-4-14(18-16-17-12(2)19-22-16)9-15(11)21-10-13-5-7-20-8-6-13/h3-4,9,13H,5-8,10H2,1-2H3,(H,17,18,19). The summed E-state index contributed by atoms with van der Waals surface area (Å²) in [5, 5.41) is 4.08. The molecular weight excluding hydrogens is 298 g/mol. The van der Waals surface area contributed by atoms with Gasteiger partial charge in [0.2, 0.25) is 5.13 Å². The predicted octanol–water partition coefficient (Wildman–Crippen LogP) is 3.70. The summed E-state index contributed by atoms with van der Waals surface area (Å²) in [6.45, 7) is 6.42. The minimum Gasteiger partial charge on any atom is -0.493 e. The van der Waals surface area contributed by atoms with Gasteiger partial charge in [0.1, 0.15) is 11.6 Å². The van der Waals surface area contributed by atoms with Crippen molar-refractivity contribution in [2.75, 3.05) is 25.1 Å². The Labute approximate surface area is 134 Å². The van der Waals surface area contributed by atoms with Gasteiger partial charge in [0.15, 0.2) is 0 Å². The van der Waals surface area contributed by atoms with Crippen molar-refractivity contribution in [2.45, 2.75) is 26.7 Å². The van der Waals surface area contributed by atoms with Gasteiger partial charge in [-0.25, -0.2) is 4.98 Å². The molecule has 0 atom stereocenters. The summed E-state index contributed by atoms with van der Waals surface area (Å²) >= 11 is 1.36. The molecule has 1 saturated heterocycles. The summed E-state index contributed by atoms with van der Waals surface area (Å²) in [6.07, 6.45) is 2.17. The number of benzene rings is 1. The first-order valence-corrected chi connectivity index (χ1v) is 8.36. The Bertz CT molecular complexity index is 624. The van der Waals surface area contributed by atoms with Crippen LogP contribution in [0.3, 0.4) is 0 Å². The molecule has 1 aliphatic rings. The van der Waals surface area contributed by atoms with Gasteiger partial charge in [-0.3, -0.25) is 0 Å². The Morgan fingerprint density at radius 2 is 2.14 bits per heavy atom. The molecule has 1 aliphatic heterocycles. The van der Waals surface area contributed by atoms with Gasteiger partial charge in [-0.1, -0.05) is 6.07 Å². The van der Waals surface area contributed by atoms with Crippen molar-refractivity contribution in [1.82, 2.24) is 9.36 Å². The highest BCUT2D eigenvalue weighted by Gasteiger charge is 2.15. The van der Waals surface area contributed by atoms with Crippen molar-refractivity contribution in [3.8, 4) is 5.75 Å². The quantitative estimate of drug-likeness (QED) is 0.910. The number of aromatic nitrogens is 2. The van der Waals surface area contributed by atoms with Gasteiger partial charge in [-0.2, -0.15) is 4.37 Å². The summed E-state index contributed by atoms with van der Waals surface area (Å²) in [5.74, 6) is 2.31. The fraction of sp³-hybridized carbons (Fsp3) is 0.500. The summed E-state index contributed by atoms with van der Waals surface area (Å²) in [6, 6.07) is 6.13. The van der Waals surface area contributed by atoms with Crippen LogP contribution in [0.5, 0.6) is 5.75 Å². The van der Waals surface area contributed by atoms with Crippen LogP contribution in [-0.4, -0.2) is 29.2 Å². The molecule has 2 aromatic rings. The smallest absolute Gasteiger partial charge is 0.207 e. The average Bonchev–Trinajstić information content (AvgIpc) is 2.94. The molecule has 6 heteroatoms. The largest absolute Gasteiger partial charge is 0.493 e. The van der Waals surface area contributed by atoms with Crippen LogP contribution >= 0.6 is 11.5 Å². The van der Waals surface area contributed by atoms with Crippen molar-refractivity contribution >= 4 is 22.4 Å². The molecule has 1 N–H and O–H groups in total. The van der Waals surface area contributed by atoms with Crippen LogP contribution in [0.15, 0.2) is 18.2 Å². The normalized spacial score (nSPS) is 15.7. The van der Waals surface area contributed by atoms with Crippen LogP contribution < -0.4 is 10.1 Å². The second-order valence-electron chi connectivity index (χ2n) is 5.62. The van der Waals surface area contributed by atoms with Crippen LogP contribution in [0.2, 0.25) is 0 Å². The molecule has 118 valence electrons. The zero-order chi connectivity index (χ0) is 15.4. The molecule has 0 radical (unpaired) electrons. The van der Waals surface area contributed by atoms with E-state index in [4.69, 9.17) is 9.47 Å². The van der Waals surface area contributed by atoms with Crippen LogP contribution in [-0.2, 0) is 4.74 Å². The zero-order valence-electron chi connectivity index (χ0n) is 13.0. The van der Waals surface area contributed by atoms with Crippen molar-refractivity contribution in [3.63, 3.8) is 0 Å². The van der Waals surface area contributed by atoms with E-state index in [1.807, 2.05) is 19.1 Å². The van der Waals surface area contributed by atoms with Crippen LogP contribution in [0.4, 0.5) is 10.8 Å². The lowest BCUT2D eigenvalue weighted by Crippen LogP contribution is -2.21. The molecule has 22 heavy (non-hydrogen) atoms. The summed E-state index contributed by atoms with van der Waals surface area (Å²) in [7, 11) is 0. The Morgan fingerprint density at radius 3 is 2.86 bits per heavy atom. The third kappa shape index (κ3) is 3.96. The lowest BCUT2D eigenvalue weighted by molar-refractivity contribution is 0.0496. The maximum absolute atomic E-state index is 6.03. The number of hydrogen-bond donors (Lipinski definition) is 1. The van der Waals surface area contributed by atoms with Gasteiger partial charge in [0.05, 0.1) is 6.61 Å². The van der Waals surface area contributed by atoms with E-state index in [0.29, 0.717) is 5.92 Å². The lowest BCUT2D eigenvalue weighted by Gasteiger charge is -2.22. The van der Waals surface area contributed by atoms with E-state index < -0.39 is 0 Å². The highest BCUT2D eigenvalue weighted by Crippen LogP contribution is 2.27. The Morgan fingerprint density at radius 1 is 1.32 bits per heavy atom. The van der Waals surface area contributed by atoms with E-state index in [1.165, 1.54) is 11.5 Å². The third-order valence-electron chi connectivity index (χ3n) is 3.78. The Balaban J connectivity index is 1.64. The van der Waals surface area contributed by atoms with E-state index in [9.17, 15) is 0 Å². The second-order valence-corrected chi connectivity index (χ2v) is 6.37. The molecule has 0 aliphatic carbocycles. The summed E-state index contributed by atoms with van der Waals surface area (Å²) in [5.41, 5.74) is 2.12. The summed E-state index contributed by atoms with van der Waals surface area (Å²) < 4.78 is 15.6. The van der Waals surface area contributed by atoms with Crippen molar-refractivity contribution in [2.24, 2.45) is 5.92 Å². The predicted molar refractivity (Wildman–Crippen MR) is 88.1 cm³/mol. The maximum atomic E-state index is 6.03. The molecule has 5 nitrogen and oxygen atoms in total. The highest BCUT2D eigenvalue weighted by molar-refractivity contribution is 7.09. The SMILES string of the molecule is Cc1nsc(Nc2ccc(C)c(OCC3CCOCC3)c2)n1. The van der Waals surface area contributed by atoms with Crippen LogP contribution in [0, 0.1) is 19.8 Å². The first-order valence-electron chi connectivity index (χ1n) is 7.59. The fourth-order valence-corrected chi connectivity index (χ4v) is 3.02. The molecule has 3 rings (SSSR count). The number of hydrogen-bond acceptors (Lipinski definition) is 6. The second kappa shape index (κ2) is 7.07. The molecule has 1 fully saturated rings. The molecular formula is C16H21N3O2S. The lowest BCUT2D eigenvalue weighted by atomic mass is 10.0. The van der Waals surface area contributed by atoms with E-state index in [2.05, 4.69) is 27.7 Å². The number of nitrogens with zero attached hydrogens (tertiary/aromatic N) is 2. The van der Waals surface area contributed by atoms with Crippen molar-refractivity contribution in [3.05, 3.63) is 29.6 Å². The van der Waals surface area contributed by atoms with Crippen molar-refractivity contribution in [1.29, 1.82) is 0 Å². The molecule has 1 aromatic carbocycles. The van der Waals surface area contributed by atoms with Gasteiger partial charge in [0, 0.05) is 36.5 Å². The first kappa shape index (κ1) is 15.2. The van der Waals surface area contributed by atoms with E-state index in [-0.39, 0.29) is 0 Å². The molecule has 0 amide bonds. The monoisotopic (exact) mass is 319 g/mol. The molecule has 0 saturated carbocycles. The molecule has 0 unspecified atom stereocenters. The zero-order valence-corrected chi connectivity index (χ0v) is 13.8. The maximum Gasteiger partial charge on any atom is 0.207 e. The van der Waals surface area contributed by atoms with Crippen molar-refractivity contribution < 1.29 is 9.47 Å². The molecule has 0 spiro atoms. The van der Waals surface area contributed by atoms with Gasteiger partial charge < -0.3 is 14.8 Å². The van der Waals surface area contributed by atoms with Gasteiger partial charge in [0.25, 0.3) is 0 Å². The third-order valence-corrected chi connectivity index (χ3v) is 4.50. The van der Waals surface area contributed by atoms with Crippen LogP contribution in [0.1, 0.15) is 24.2 Å². The summed E-state index contributed by atoms with van der Waals surface area (Å²) in [4.78, 5) is 4.32. The van der Waals surface area contributed by atoms with Gasteiger partial charge in [-0.05, 0) is 44.2 Å². The molecule has 2 heterocycles. The van der Waals surface area contributed by atoms with E-state index in [0.717, 1.165) is 60.6 Å². The molecule has 1 aromatic heterocycles. The first-order chi connectivity index (χ1) is 10.7. The minimum atomic E-state index is 0.593. The number of ether oxygens (including phenoxy) is 2. The fourth-order valence-electron chi connectivity index (χ4n) is 2.43. The van der Waals surface area contributed by atoms with E-state index >= 15 is 0 Å². The minimum absolute atomic E-state index is 0.593. The number of anilines is 2. The van der Waals surface area contributed by atoms with Crippen LogP contribution in [0.25, 0.3) is 0 Å². The van der Waals surface area contributed by atoms with Gasteiger partial charge in [-0.15, -0.1) is 0 Å². The number of aryl methyl sites for hydroxylation is 2. The highest BCUT2D eigenvalue weighted by atomic mass is 32.1. The molecule has 0 bridgehead atoms. The number of nitrogens with one attached hydrogen (secondary N) is 1. The Hall–Kier alpha value is -1.66. The Kier molecular flexibility index (Phi) is 4.90. The van der Waals surface area contributed by atoms with Gasteiger partial charge >= 0.3 is 0 Å².